The van der Waals surface area contributed by atoms with Crippen LogP contribution in [0.3, 0.4) is 0 Å². The Kier molecular flexibility index (Phi) is 5.20. The topological polar surface area (TPSA) is 56.5 Å². The molecule has 0 radical (unpaired) electrons. The smallest absolute Gasteiger partial charge is 0.358 e. The fourth-order valence-electron chi connectivity index (χ4n) is 3.28. The highest BCUT2D eigenvalue weighted by Crippen LogP contribution is 2.29. The van der Waals surface area contributed by atoms with E-state index in [1.807, 2.05) is 47.0 Å². The number of aromatic nitrogens is 2. The fourth-order valence-corrected chi connectivity index (χ4v) is 3.66. The third kappa shape index (κ3) is 3.43. The molecule has 7 heteroatoms. The van der Waals surface area contributed by atoms with Crippen LogP contribution in [-0.4, -0.2) is 27.8 Å². The molecule has 5 nitrogen and oxygen atoms in total. The van der Waals surface area contributed by atoms with E-state index in [4.69, 9.17) is 32.9 Å². The van der Waals surface area contributed by atoms with Gasteiger partial charge in [-0.3, -0.25) is 9.56 Å². The Labute approximate surface area is 172 Å². The largest absolute Gasteiger partial charge is 0.461 e. The Bertz CT molecular complexity index is 1090. The van der Waals surface area contributed by atoms with Crippen molar-refractivity contribution in [3.63, 3.8) is 0 Å². The van der Waals surface area contributed by atoms with Gasteiger partial charge in [0.15, 0.2) is 5.69 Å². The molecular weight excluding hydrogens is 397 g/mol. The Hall–Kier alpha value is -2.63. The van der Waals surface area contributed by atoms with Gasteiger partial charge in [0.25, 0.3) is 0 Å². The number of fused-ring (bicyclic) bond motifs is 3. The maximum atomic E-state index is 12.3. The number of benzene rings is 2. The van der Waals surface area contributed by atoms with Crippen molar-refractivity contribution in [1.82, 2.24) is 9.55 Å². The molecule has 3 aromatic rings. The molecule has 2 aromatic carbocycles. The number of nitrogens with zero attached hydrogens (tertiary/aromatic N) is 3. The number of halogens is 2. The van der Waals surface area contributed by atoms with Crippen LogP contribution in [0.1, 0.15) is 34.2 Å². The van der Waals surface area contributed by atoms with E-state index in [-0.39, 0.29) is 5.69 Å². The summed E-state index contributed by atoms with van der Waals surface area (Å²) in [6, 6.07) is 13.3. The van der Waals surface area contributed by atoms with Gasteiger partial charge in [-0.1, -0.05) is 41.4 Å². The summed E-state index contributed by atoms with van der Waals surface area (Å²) in [5.41, 5.74) is 4.56. The van der Waals surface area contributed by atoms with Crippen molar-refractivity contribution in [2.24, 2.45) is 4.99 Å². The van der Waals surface area contributed by atoms with E-state index in [0.29, 0.717) is 35.3 Å². The van der Waals surface area contributed by atoms with Crippen LogP contribution in [0.15, 0.2) is 53.8 Å². The maximum absolute atomic E-state index is 12.3. The number of carbonyl (C=O) groups is 1. The molecule has 0 atom stereocenters. The Morgan fingerprint density at radius 3 is 2.82 bits per heavy atom. The van der Waals surface area contributed by atoms with Crippen LogP contribution in [0.25, 0.3) is 5.69 Å². The Morgan fingerprint density at radius 2 is 2.04 bits per heavy atom. The van der Waals surface area contributed by atoms with E-state index in [1.165, 1.54) is 0 Å². The molecule has 0 N–H and O–H groups in total. The molecule has 0 fully saturated rings. The van der Waals surface area contributed by atoms with E-state index >= 15 is 0 Å². The van der Waals surface area contributed by atoms with Crippen molar-refractivity contribution in [2.45, 2.75) is 19.9 Å². The molecule has 1 aromatic heterocycles. The highest BCUT2D eigenvalue weighted by molar-refractivity contribution is 6.32. The van der Waals surface area contributed by atoms with Gasteiger partial charge in [0.05, 0.1) is 24.5 Å². The van der Waals surface area contributed by atoms with Crippen LogP contribution < -0.4 is 0 Å². The molecular formula is C21H17Cl2N3O2. The van der Waals surface area contributed by atoms with Crippen molar-refractivity contribution in [3.8, 4) is 5.69 Å². The summed E-state index contributed by atoms with van der Waals surface area (Å²) in [7, 11) is 0. The summed E-state index contributed by atoms with van der Waals surface area (Å²) in [6.07, 6.45) is 2.18. The number of hydrogen-bond acceptors (Lipinski definition) is 4. The van der Waals surface area contributed by atoms with Crippen molar-refractivity contribution >= 4 is 34.9 Å². The lowest BCUT2D eigenvalue weighted by Crippen LogP contribution is -2.09. The molecule has 1 aliphatic heterocycles. The summed E-state index contributed by atoms with van der Waals surface area (Å²) in [4.78, 5) is 21.3. The van der Waals surface area contributed by atoms with Crippen molar-refractivity contribution in [1.29, 1.82) is 0 Å². The molecule has 0 saturated heterocycles. The number of esters is 1. The Balaban J connectivity index is 1.83. The van der Waals surface area contributed by atoms with Crippen LogP contribution >= 0.6 is 23.2 Å². The van der Waals surface area contributed by atoms with E-state index in [1.54, 1.807) is 13.3 Å². The first-order valence-electron chi connectivity index (χ1n) is 8.89. The van der Waals surface area contributed by atoms with Crippen LogP contribution in [0.2, 0.25) is 10.0 Å². The number of rotatable bonds is 4. The highest BCUT2D eigenvalue weighted by atomic mass is 35.5. The predicted octanol–water partition coefficient (Wildman–Crippen LogP) is 4.90. The van der Waals surface area contributed by atoms with E-state index in [0.717, 1.165) is 22.5 Å². The molecule has 0 saturated carbocycles. The van der Waals surface area contributed by atoms with Crippen LogP contribution in [-0.2, 0) is 17.7 Å². The molecule has 0 bridgehead atoms. The lowest BCUT2D eigenvalue weighted by molar-refractivity contribution is 0.0518. The number of imidazole rings is 1. The summed E-state index contributed by atoms with van der Waals surface area (Å²) in [5, 5.41) is 1.30. The average molecular weight is 414 g/mol. The average Bonchev–Trinajstić information content (AvgIpc) is 3.04. The zero-order valence-corrected chi connectivity index (χ0v) is 16.7. The highest BCUT2D eigenvalue weighted by Gasteiger charge is 2.25. The van der Waals surface area contributed by atoms with Gasteiger partial charge < -0.3 is 4.74 Å². The minimum absolute atomic E-state index is 0.283. The molecule has 2 heterocycles. The summed E-state index contributed by atoms with van der Waals surface area (Å²) >= 11 is 12.6. The third-order valence-electron chi connectivity index (χ3n) is 4.60. The van der Waals surface area contributed by atoms with E-state index in [9.17, 15) is 4.79 Å². The summed E-state index contributed by atoms with van der Waals surface area (Å²) in [5.74, 6) is -0.448. The first-order valence-corrected chi connectivity index (χ1v) is 9.64. The zero-order valence-electron chi connectivity index (χ0n) is 15.2. The summed E-state index contributed by atoms with van der Waals surface area (Å²) in [6.45, 7) is 2.36. The number of hydrogen-bond donors (Lipinski definition) is 0. The molecule has 0 spiro atoms. The molecule has 0 aliphatic carbocycles. The third-order valence-corrected chi connectivity index (χ3v) is 5.20. The lowest BCUT2D eigenvalue weighted by atomic mass is 10.0. The minimum Gasteiger partial charge on any atom is -0.461 e. The van der Waals surface area contributed by atoms with Gasteiger partial charge in [-0.05, 0) is 36.8 Å². The lowest BCUT2D eigenvalue weighted by Gasteiger charge is -2.12. The first-order chi connectivity index (χ1) is 13.6. The molecule has 0 unspecified atom stereocenters. The van der Waals surface area contributed by atoms with Crippen molar-refractivity contribution in [2.75, 3.05) is 6.61 Å². The maximum Gasteiger partial charge on any atom is 0.358 e. The number of ether oxygens (including phenoxy) is 1. The molecule has 4 rings (SSSR count). The van der Waals surface area contributed by atoms with E-state index < -0.39 is 5.97 Å². The molecule has 142 valence electrons. The number of carbonyl (C=O) groups excluding carboxylic acids is 1. The van der Waals surface area contributed by atoms with Crippen LogP contribution in [0.5, 0.6) is 0 Å². The second-order valence-corrected chi connectivity index (χ2v) is 7.17. The van der Waals surface area contributed by atoms with Crippen molar-refractivity contribution < 1.29 is 9.53 Å². The minimum atomic E-state index is -0.448. The van der Waals surface area contributed by atoms with E-state index in [2.05, 4.69) is 4.98 Å². The molecule has 28 heavy (non-hydrogen) atoms. The quantitative estimate of drug-likeness (QED) is 0.571. The Morgan fingerprint density at radius 1 is 1.21 bits per heavy atom. The fraction of sp³-hybridized carbons (Fsp3) is 0.190. The monoisotopic (exact) mass is 413 g/mol. The molecule has 0 amide bonds. The zero-order chi connectivity index (χ0) is 19.7. The van der Waals surface area contributed by atoms with Gasteiger partial charge in [0.1, 0.15) is 6.33 Å². The number of aliphatic imine (C=N–C) groups is 1. The van der Waals surface area contributed by atoms with Crippen molar-refractivity contribution in [3.05, 3.63) is 81.4 Å². The molecule has 1 aliphatic rings. The first kappa shape index (κ1) is 18.7. The standard InChI is InChI=1S/C21H17Cl2N3O2/c1-2-28-21(27)20-19-11-24-17(9-13-5-3-4-6-16(13)23)15-10-14(22)7-8-18(15)26(19)12-25-20/h3-8,10,12H,2,9,11H2,1H3. The van der Waals surface area contributed by atoms with Gasteiger partial charge in [0, 0.05) is 27.7 Å². The second-order valence-electron chi connectivity index (χ2n) is 6.32. The predicted molar refractivity (Wildman–Crippen MR) is 110 cm³/mol. The SMILES string of the molecule is CCOC(=O)c1ncn2c1CN=C(Cc1ccccc1Cl)c1cc(Cl)ccc1-2. The van der Waals surface area contributed by atoms with Gasteiger partial charge in [-0.25, -0.2) is 9.78 Å². The van der Waals surface area contributed by atoms with Gasteiger partial charge in [-0.2, -0.15) is 0 Å². The van der Waals surface area contributed by atoms with Gasteiger partial charge in [-0.15, -0.1) is 0 Å². The van der Waals surface area contributed by atoms with Crippen LogP contribution in [0.4, 0.5) is 0 Å². The second kappa shape index (κ2) is 7.78. The van der Waals surface area contributed by atoms with Gasteiger partial charge in [0.2, 0.25) is 0 Å². The summed E-state index contributed by atoms with van der Waals surface area (Å²) < 4.78 is 7.01. The normalized spacial score (nSPS) is 12.6. The van der Waals surface area contributed by atoms with Gasteiger partial charge >= 0.3 is 5.97 Å². The van der Waals surface area contributed by atoms with Crippen LogP contribution in [0, 0.1) is 0 Å².